The smallest absolute Gasteiger partial charge is 0.338 e. The number of rotatable bonds is 6. The van der Waals surface area contributed by atoms with E-state index in [0.717, 1.165) is 0 Å². The van der Waals surface area contributed by atoms with Gasteiger partial charge in [-0.1, -0.05) is 29.8 Å². The first-order valence-corrected chi connectivity index (χ1v) is 12.6. The minimum absolute atomic E-state index is 0.241. The first-order valence-electron chi connectivity index (χ1n) is 12.2. The molecule has 0 radical (unpaired) electrons. The van der Waals surface area contributed by atoms with E-state index in [1.807, 2.05) is 0 Å². The van der Waals surface area contributed by atoms with Crippen LogP contribution < -0.4 is 9.64 Å². The van der Waals surface area contributed by atoms with Crippen molar-refractivity contribution in [2.24, 2.45) is 0 Å². The van der Waals surface area contributed by atoms with Crippen molar-refractivity contribution in [3.8, 4) is 5.75 Å². The lowest BCUT2D eigenvalue weighted by Crippen LogP contribution is -2.48. The van der Waals surface area contributed by atoms with Crippen LogP contribution in [-0.2, 0) is 14.9 Å². The summed E-state index contributed by atoms with van der Waals surface area (Å²) in [4.78, 5) is 41.4. The highest BCUT2D eigenvalue weighted by atomic mass is 35.5. The van der Waals surface area contributed by atoms with Crippen LogP contribution in [0.4, 0.5) is 5.69 Å². The zero-order valence-electron chi connectivity index (χ0n) is 21.9. The summed E-state index contributed by atoms with van der Waals surface area (Å²) in [5.41, 5.74) is 0.169. The molecule has 0 fully saturated rings. The Balaban J connectivity index is 2.00. The van der Waals surface area contributed by atoms with E-state index in [0.29, 0.717) is 33.1 Å². The van der Waals surface area contributed by atoms with Crippen LogP contribution >= 0.6 is 11.6 Å². The fourth-order valence-electron chi connectivity index (χ4n) is 5.21. The Labute approximate surface area is 226 Å². The fraction of sp³-hybridized carbons (Fsp3) is 0.300. The van der Waals surface area contributed by atoms with E-state index in [-0.39, 0.29) is 17.9 Å². The van der Waals surface area contributed by atoms with E-state index in [9.17, 15) is 19.5 Å². The first kappa shape index (κ1) is 27.2. The predicted octanol–water partition coefficient (Wildman–Crippen LogP) is 6.11. The molecule has 1 aliphatic rings. The second-order valence-corrected chi connectivity index (χ2v) is 10.8. The van der Waals surface area contributed by atoms with Crippen molar-refractivity contribution >= 4 is 35.1 Å². The third-order valence-electron chi connectivity index (χ3n) is 6.81. The minimum Gasteiger partial charge on any atom is -0.497 e. The summed E-state index contributed by atoms with van der Waals surface area (Å²) in [6.45, 7) is 7.11. The number of benzene rings is 3. The van der Waals surface area contributed by atoms with Crippen molar-refractivity contribution < 1.29 is 29.0 Å². The second kappa shape index (κ2) is 10.1. The Bertz CT molecular complexity index is 1390. The van der Waals surface area contributed by atoms with E-state index >= 15 is 0 Å². The highest BCUT2D eigenvalue weighted by Gasteiger charge is 2.54. The highest BCUT2D eigenvalue weighted by Crippen LogP contribution is 2.54. The molecular formula is C30H30ClNO6. The van der Waals surface area contributed by atoms with E-state index < -0.39 is 29.0 Å². The van der Waals surface area contributed by atoms with Crippen LogP contribution in [0.25, 0.3) is 0 Å². The number of hydrogen-bond acceptors (Lipinski definition) is 5. The molecule has 0 saturated heterocycles. The summed E-state index contributed by atoms with van der Waals surface area (Å²) in [6.07, 6.45) is -0.376. The first-order chi connectivity index (χ1) is 17.9. The number of hydrogen-bond donors (Lipinski definition) is 1. The van der Waals surface area contributed by atoms with Gasteiger partial charge in [0.25, 0.3) is 5.91 Å². The number of methoxy groups -OCH3 is 1. The molecular weight excluding hydrogens is 506 g/mol. The average Bonchev–Trinajstić information content (AvgIpc) is 3.10. The molecule has 8 heteroatoms. The van der Waals surface area contributed by atoms with Gasteiger partial charge in [0.15, 0.2) is 0 Å². The van der Waals surface area contributed by atoms with Gasteiger partial charge in [0.2, 0.25) is 0 Å². The minimum atomic E-state index is -1.29. The topological polar surface area (TPSA) is 93.1 Å². The van der Waals surface area contributed by atoms with Crippen LogP contribution in [0.3, 0.4) is 0 Å². The van der Waals surface area contributed by atoms with Crippen molar-refractivity contribution in [2.75, 3.05) is 12.0 Å². The number of carbonyl (C=O) groups excluding carboxylic acids is 2. The molecule has 2 unspecified atom stereocenters. The molecule has 3 aromatic rings. The molecule has 0 spiro atoms. The summed E-state index contributed by atoms with van der Waals surface area (Å²) in [5, 5.41) is 10.7. The van der Waals surface area contributed by atoms with Crippen LogP contribution in [0, 0.1) is 0 Å². The van der Waals surface area contributed by atoms with Crippen LogP contribution in [0.15, 0.2) is 66.7 Å². The molecule has 7 nitrogen and oxygen atoms in total. The Morgan fingerprint density at radius 2 is 1.66 bits per heavy atom. The van der Waals surface area contributed by atoms with Gasteiger partial charge in [0.05, 0.1) is 24.5 Å². The molecule has 4 rings (SSSR count). The van der Waals surface area contributed by atoms with Crippen LogP contribution in [-0.4, -0.2) is 41.7 Å². The molecule has 3 aromatic carbocycles. The number of carboxylic acid groups (broad SMARTS) is 1. The standard InChI is InChI=1S/C30H30ClNO6/c1-18-30(17-26(33)34,23-9-7-6-8-22(23)28(36)38-29(2,3)4)24-16-21(37-5)14-15-25(24)32(18)27(35)19-10-12-20(31)13-11-19/h6-16,18H,17H2,1-5H3,(H,33,34). The lowest BCUT2D eigenvalue weighted by molar-refractivity contribution is -0.138. The van der Waals surface area contributed by atoms with Crippen LogP contribution in [0.5, 0.6) is 5.75 Å². The Morgan fingerprint density at radius 3 is 2.26 bits per heavy atom. The third-order valence-corrected chi connectivity index (χ3v) is 7.06. The summed E-state index contributed by atoms with van der Waals surface area (Å²) in [6, 6.07) is 17.9. The molecule has 1 amide bonds. The highest BCUT2D eigenvalue weighted by molar-refractivity contribution is 6.30. The number of carboxylic acids is 1. The zero-order valence-corrected chi connectivity index (χ0v) is 22.7. The normalized spacial score (nSPS) is 18.6. The number of carbonyl (C=O) groups is 3. The van der Waals surface area contributed by atoms with Crippen LogP contribution in [0.1, 0.15) is 66.0 Å². The van der Waals surface area contributed by atoms with Gasteiger partial charge in [-0.25, -0.2) is 4.79 Å². The molecule has 0 bridgehead atoms. The Morgan fingerprint density at radius 1 is 1.00 bits per heavy atom. The second-order valence-electron chi connectivity index (χ2n) is 10.3. The van der Waals surface area contributed by atoms with Gasteiger partial charge < -0.3 is 19.5 Å². The van der Waals surface area contributed by atoms with Crippen molar-refractivity contribution in [2.45, 2.75) is 51.2 Å². The number of ether oxygens (including phenoxy) is 2. The summed E-state index contributed by atoms with van der Waals surface area (Å²) in [7, 11) is 1.52. The number of aliphatic carboxylic acids is 1. The summed E-state index contributed by atoms with van der Waals surface area (Å²) < 4.78 is 11.2. The molecule has 0 aromatic heterocycles. The summed E-state index contributed by atoms with van der Waals surface area (Å²) in [5.74, 6) is -1.47. The van der Waals surface area contributed by atoms with Gasteiger partial charge in [-0.3, -0.25) is 9.59 Å². The van der Waals surface area contributed by atoms with Gasteiger partial charge in [0.1, 0.15) is 11.4 Å². The SMILES string of the molecule is COc1ccc2c(c1)C(CC(=O)O)(c1ccccc1C(=O)OC(C)(C)C)C(C)N2C(=O)c1ccc(Cl)cc1. The number of halogens is 1. The van der Waals surface area contributed by atoms with Gasteiger partial charge in [0, 0.05) is 22.3 Å². The Hall–Kier alpha value is -3.84. The Kier molecular flexibility index (Phi) is 7.26. The van der Waals surface area contributed by atoms with Crippen molar-refractivity contribution in [1.82, 2.24) is 0 Å². The van der Waals surface area contributed by atoms with Crippen molar-refractivity contribution in [1.29, 1.82) is 0 Å². The molecule has 1 aliphatic heterocycles. The van der Waals surface area contributed by atoms with Gasteiger partial charge >= 0.3 is 11.9 Å². The van der Waals surface area contributed by atoms with E-state index in [1.54, 1.807) is 99.3 Å². The largest absolute Gasteiger partial charge is 0.497 e. The lowest BCUT2D eigenvalue weighted by Gasteiger charge is -2.37. The number of anilines is 1. The van der Waals surface area contributed by atoms with Crippen molar-refractivity contribution in [3.63, 3.8) is 0 Å². The van der Waals surface area contributed by atoms with Gasteiger partial charge in [-0.15, -0.1) is 0 Å². The average molecular weight is 536 g/mol. The lowest BCUT2D eigenvalue weighted by atomic mass is 9.67. The number of amides is 1. The van der Waals surface area contributed by atoms with Gasteiger partial charge in [-0.2, -0.15) is 0 Å². The zero-order chi connectivity index (χ0) is 27.8. The summed E-state index contributed by atoms with van der Waals surface area (Å²) >= 11 is 6.05. The monoisotopic (exact) mass is 535 g/mol. The quantitative estimate of drug-likeness (QED) is 0.383. The fourth-order valence-corrected chi connectivity index (χ4v) is 5.34. The molecule has 0 aliphatic carbocycles. The predicted molar refractivity (Wildman–Crippen MR) is 145 cm³/mol. The molecule has 1 heterocycles. The van der Waals surface area contributed by atoms with Crippen molar-refractivity contribution in [3.05, 3.63) is 94.0 Å². The molecule has 198 valence electrons. The van der Waals surface area contributed by atoms with E-state index in [2.05, 4.69) is 0 Å². The van der Waals surface area contributed by atoms with E-state index in [4.69, 9.17) is 21.1 Å². The molecule has 2 atom stereocenters. The maximum atomic E-state index is 13.9. The molecule has 38 heavy (non-hydrogen) atoms. The number of fused-ring (bicyclic) bond motifs is 1. The van der Waals surface area contributed by atoms with E-state index in [1.165, 1.54) is 7.11 Å². The van der Waals surface area contributed by atoms with Gasteiger partial charge in [-0.05, 0) is 87.4 Å². The third kappa shape index (κ3) is 4.86. The molecule has 1 N–H and O–H groups in total. The maximum absolute atomic E-state index is 13.9. The maximum Gasteiger partial charge on any atom is 0.338 e. The number of nitrogens with zero attached hydrogens (tertiary/aromatic N) is 1. The van der Waals surface area contributed by atoms with Crippen LogP contribution in [0.2, 0.25) is 5.02 Å². The number of esters is 1. The molecule has 0 saturated carbocycles.